The van der Waals surface area contributed by atoms with Crippen LogP contribution in [0, 0.1) is 5.82 Å². The molecule has 2 amide bonds. The zero-order valence-corrected chi connectivity index (χ0v) is 19.7. The molecule has 0 saturated heterocycles. The summed E-state index contributed by atoms with van der Waals surface area (Å²) in [5.74, 6) is -0.790. The molecule has 0 spiro atoms. The van der Waals surface area contributed by atoms with Crippen LogP contribution < -0.4 is 10.1 Å². The summed E-state index contributed by atoms with van der Waals surface area (Å²) in [7, 11) is 0. The average molecular weight is 500 g/mol. The van der Waals surface area contributed by atoms with Gasteiger partial charge in [0.15, 0.2) is 6.61 Å². The molecule has 1 N–H and O–H groups in total. The molecule has 2 aromatic carbocycles. The van der Waals surface area contributed by atoms with E-state index in [1.165, 1.54) is 11.0 Å². The second-order valence-corrected chi connectivity index (χ2v) is 9.18. The van der Waals surface area contributed by atoms with Crippen molar-refractivity contribution in [2.45, 2.75) is 45.8 Å². The number of nitrogens with zero attached hydrogens (tertiary/aromatic N) is 1. The van der Waals surface area contributed by atoms with Crippen LogP contribution in [0.4, 0.5) is 4.39 Å². The van der Waals surface area contributed by atoms with E-state index in [-0.39, 0.29) is 19.1 Å². The van der Waals surface area contributed by atoms with Crippen LogP contribution in [0.1, 0.15) is 33.3 Å². The minimum absolute atomic E-state index is 0.0601. The van der Waals surface area contributed by atoms with Crippen molar-refractivity contribution < 1.29 is 18.7 Å². The van der Waals surface area contributed by atoms with Crippen LogP contribution in [0.15, 0.2) is 46.9 Å². The lowest BCUT2D eigenvalue weighted by atomic mass is 10.1. The van der Waals surface area contributed by atoms with Gasteiger partial charge in [0.25, 0.3) is 5.91 Å². The molecule has 0 aliphatic rings. The van der Waals surface area contributed by atoms with E-state index < -0.39 is 23.3 Å². The first-order valence-electron chi connectivity index (χ1n) is 9.40. The number of benzene rings is 2. The van der Waals surface area contributed by atoms with E-state index in [0.29, 0.717) is 20.8 Å². The van der Waals surface area contributed by atoms with Gasteiger partial charge in [-0.25, -0.2) is 4.39 Å². The largest absolute Gasteiger partial charge is 0.483 e. The zero-order chi connectivity index (χ0) is 22.5. The Hall–Kier alpha value is -2.12. The summed E-state index contributed by atoms with van der Waals surface area (Å²) in [5.41, 5.74) is -0.156. The van der Waals surface area contributed by atoms with E-state index >= 15 is 0 Å². The van der Waals surface area contributed by atoms with Gasteiger partial charge in [-0.1, -0.05) is 29.8 Å². The highest BCUT2D eigenvalue weighted by molar-refractivity contribution is 9.10. The van der Waals surface area contributed by atoms with Crippen LogP contribution >= 0.6 is 27.5 Å². The minimum Gasteiger partial charge on any atom is -0.483 e. The molecule has 30 heavy (non-hydrogen) atoms. The molecular weight excluding hydrogens is 475 g/mol. The van der Waals surface area contributed by atoms with E-state index in [4.69, 9.17) is 16.3 Å². The Morgan fingerprint density at radius 2 is 1.90 bits per heavy atom. The number of ether oxygens (including phenoxy) is 1. The van der Waals surface area contributed by atoms with E-state index in [9.17, 15) is 14.0 Å². The molecule has 0 fully saturated rings. The van der Waals surface area contributed by atoms with Gasteiger partial charge >= 0.3 is 0 Å². The lowest BCUT2D eigenvalue weighted by molar-refractivity contribution is -0.142. The Morgan fingerprint density at radius 3 is 2.50 bits per heavy atom. The van der Waals surface area contributed by atoms with Crippen LogP contribution in [0.5, 0.6) is 5.75 Å². The van der Waals surface area contributed by atoms with Crippen LogP contribution in [-0.4, -0.2) is 34.9 Å². The Kier molecular flexibility index (Phi) is 8.26. The van der Waals surface area contributed by atoms with Crippen molar-refractivity contribution in [3.8, 4) is 5.75 Å². The summed E-state index contributed by atoms with van der Waals surface area (Å²) in [6.45, 7) is 6.78. The second kappa shape index (κ2) is 10.3. The molecule has 162 valence electrons. The smallest absolute Gasteiger partial charge is 0.261 e. The molecule has 2 aromatic rings. The van der Waals surface area contributed by atoms with Crippen LogP contribution in [0.3, 0.4) is 0 Å². The molecule has 0 radical (unpaired) electrons. The Morgan fingerprint density at radius 1 is 1.23 bits per heavy atom. The number of carbonyl (C=O) groups excluding carboxylic acids is 2. The van der Waals surface area contributed by atoms with Gasteiger partial charge in [0.2, 0.25) is 5.91 Å². The van der Waals surface area contributed by atoms with Crippen LogP contribution in [0.2, 0.25) is 5.02 Å². The number of halogens is 3. The quantitative estimate of drug-likeness (QED) is 0.586. The number of carbonyl (C=O) groups is 2. The second-order valence-electron chi connectivity index (χ2n) is 7.89. The van der Waals surface area contributed by atoms with Crippen molar-refractivity contribution >= 4 is 39.3 Å². The van der Waals surface area contributed by atoms with E-state index in [1.54, 1.807) is 43.3 Å². The maximum atomic E-state index is 14.2. The summed E-state index contributed by atoms with van der Waals surface area (Å²) in [6, 6.07) is 10.3. The highest BCUT2D eigenvalue weighted by Crippen LogP contribution is 2.28. The molecule has 0 aliphatic carbocycles. The summed E-state index contributed by atoms with van der Waals surface area (Å²) in [4.78, 5) is 27.0. The first-order valence-corrected chi connectivity index (χ1v) is 10.6. The lowest BCUT2D eigenvalue weighted by Gasteiger charge is -2.31. The Labute approximate surface area is 189 Å². The van der Waals surface area contributed by atoms with Crippen molar-refractivity contribution in [1.82, 2.24) is 10.2 Å². The molecule has 1 unspecified atom stereocenters. The highest BCUT2D eigenvalue weighted by Gasteiger charge is 2.29. The maximum absolute atomic E-state index is 14.2. The number of hydrogen-bond acceptors (Lipinski definition) is 3. The average Bonchev–Trinajstić information content (AvgIpc) is 2.64. The van der Waals surface area contributed by atoms with Gasteiger partial charge in [-0.15, -0.1) is 0 Å². The van der Waals surface area contributed by atoms with Crippen LogP contribution in [0.25, 0.3) is 0 Å². The van der Waals surface area contributed by atoms with Gasteiger partial charge in [-0.3, -0.25) is 9.59 Å². The van der Waals surface area contributed by atoms with Gasteiger partial charge in [0.05, 0.1) is 4.47 Å². The molecule has 8 heteroatoms. The molecule has 0 heterocycles. The predicted octanol–water partition coefficient (Wildman–Crippen LogP) is 4.95. The third kappa shape index (κ3) is 6.99. The number of amides is 2. The molecule has 0 aliphatic heterocycles. The van der Waals surface area contributed by atoms with Gasteiger partial charge in [-0.2, -0.15) is 0 Å². The normalized spacial score (nSPS) is 12.2. The Balaban J connectivity index is 2.21. The first-order chi connectivity index (χ1) is 14.0. The standard InChI is InChI=1S/C22H25BrClFN2O3/c1-14(21(29)26-22(2,3)4)27(12-15-7-5-6-8-18(15)25)20(28)13-30-19-10-9-16(24)11-17(19)23/h5-11,14H,12-13H2,1-4H3,(H,26,29). The fourth-order valence-corrected chi connectivity index (χ4v) is 3.48. The molecule has 5 nitrogen and oxygen atoms in total. The van der Waals surface area contributed by atoms with Crippen molar-refractivity contribution in [1.29, 1.82) is 0 Å². The minimum atomic E-state index is -0.825. The summed E-state index contributed by atoms with van der Waals surface area (Å²) in [5, 5.41) is 3.38. The molecular formula is C22H25BrClFN2O3. The van der Waals surface area contributed by atoms with Crippen LogP contribution in [-0.2, 0) is 16.1 Å². The number of nitrogens with one attached hydrogen (secondary N) is 1. The third-order valence-electron chi connectivity index (χ3n) is 4.21. The number of rotatable bonds is 7. The van der Waals surface area contributed by atoms with Gasteiger partial charge in [0.1, 0.15) is 17.6 Å². The fourth-order valence-electron chi connectivity index (χ4n) is 2.68. The zero-order valence-electron chi connectivity index (χ0n) is 17.3. The molecule has 2 rings (SSSR count). The van der Waals surface area contributed by atoms with Crippen molar-refractivity contribution in [2.24, 2.45) is 0 Å². The predicted molar refractivity (Wildman–Crippen MR) is 119 cm³/mol. The first kappa shape index (κ1) is 24.2. The van der Waals surface area contributed by atoms with Gasteiger partial charge in [0, 0.05) is 22.7 Å². The molecule has 0 saturated carbocycles. The van der Waals surface area contributed by atoms with Crippen molar-refractivity contribution in [2.75, 3.05) is 6.61 Å². The highest BCUT2D eigenvalue weighted by atomic mass is 79.9. The Bertz CT molecular complexity index is 917. The SMILES string of the molecule is CC(C(=O)NC(C)(C)C)N(Cc1ccccc1F)C(=O)COc1ccc(Cl)cc1Br. The van der Waals surface area contributed by atoms with Crippen molar-refractivity contribution in [3.63, 3.8) is 0 Å². The maximum Gasteiger partial charge on any atom is 0.261 e. The monoisotopic (exact) mass is 498 g/mol. The fraction of sp³-hybridized carbons (Fsp3) is 0.364. The van der Waals surface area contributed by atoms with Crippen molar-refractivity contribution in [3.05, 3.63) is 63.3 Å². The van der Waals surface area contributed by atoms with E-state index in [0.717, 1.165) is 0 Å². The lowest BCUT2D eigenvalue weighted by Crippen LogP contribution is -2.53. The van der Waals surface area contributed by atoms with E-state index in [1.807, 2.05) is 20.8 Å². The van der Waals surface area contributed by atoms with E-state index in [2.05, 4.69) is 21.2 Å². The van der Waals surface area contributed by atoms with Gasteiger partial charge < -0.3 is 15.0 Å². The molecule has 0 aromatic heterocycles. The third-order valence-corrected chi connectivity index (χ3v) is 5.06. The number of hydrogen-bond donors (Lipinski definition) is 1. The summed E-state index contributed by atoms with van der Waals surface area (Å²) < 4.78 is 20.4. The summed E-state index contributed by atoms with van der Waals surface area (Å²) >= 11 is 9.26. The summed E-state index contributed by atoms with van der Waals surface area (Å²) in [6.07, 6.45) is 0. The molecule has 0 bridgehead atoms. The molecule has 1 atom stereocenters. The van der Waals surface area contributed by atoms with Gasteiger partial charge in [-0.05, 0) is 67.9 Å². The topological polar surface area (TPSA) is 58.6 Å².